The number of nitrogens with zero attached hydrogens (tertiary/aromatic N) is 2. The topological polar surface area (TPSA) is 102 Å². The predicted molar refractivity (Wildman–Crippen MR) is 109 cm³/mol. The second-order valence-corrected chi connectivity index (χ2v) is 8.06. The number of rotatable bonds is 6. The van der Waals surface area contributed by atoms with Crippen LogP contribution in [0.25, 0.3) is 0 Å². The minimum Gasteiger partial charge on any atom is -0.354 e. The van der Waals surface area contributed by atoms with Gasteiger partial charge >= 0.3 is 6.03 Å². The van der Waals surface area contributed by atoms with Gasteiger partial charge in [-0.1, -0.05) is 42.5 Å². The van der Waals surface area contributed by atoms with Gasteiger partial charge in [0.25, 0.3) is 5.91 Å². The van der Waals surface area contributed by atoms with E-state index in [9.17, 15) is 14.4 Å². The average Bonchev–Trinajstić information content (AvgIpc) is 3.53. The van der Waals surface area contributed by atoms with Gasteiger partial charge in [0.05, 0.1) is 11.6 Å². The number of nitrogens with one attached hydrogen (secondary N) is 2. The fourth-order valence-corrected chi connectivity index (χ4v) is 3.89. The summed E-state index contributed by atoms with van der Waals surface area (Å²) in [6.45, 7) is 1.74. The molecule has 4 rings (SSSR count). The summed E-state index contributed by atoms with van der Waals surface area (Å²) in [6.07, 6.45) is 1.99. The van der Waals surface area contributed by atoms with Crippen molar-refractivity contribution >= 4 is 17.8 Å². The van der Waals surface area contributed by atoms with Gasteiger partial charge in [0.2, 0.25) is 5.91 Å². The second-order valence-electron chi connectivity index (χ2n) is 8.06. The molecule has 7 heteroatoms. The van der Waals surface area contributed by atoms with Gasteiger partial charge < -0.3 is 10.6 Å². The maximum Gasteiger partial charge on any atom is 0.325 e. The molecule has 1 aliphatic carbocycles. The highest BCUT2D eigenvalue weighted by Crippen LogP contribution is 2.47. The zero-order valence-corrected chi connectivity index (χ0v) is 16.6. The molecule has 1 atom stereocenters. The molecule has 0 bridgehead atoms. The molecule has 0 aromatic heterocycles. The van der Waals surface area contributed by atoms with E-state index in [2.05, 4.69) is 22.8 Å². The minimum absolute atomic E-state index is 0.0504. The van der Waals surface area contributed by atoms with Crippen molar-refractivity contribution in [3.8, 4) is 6.07 Å². The van der Waals surface area contributed by atoms with Gasteiger partial charge in [0.15, 0.2) is 0 Å². The van der Waals surface area contributed by atoms with Crippen LogP contribution in [0, 0.1) is 11.3 Å². The van der Waals surface area contributed by atoms with Crippen LogP contribution >= 0.6 is 0 Å². The van der Waals surface area contributed by atoms with Crippen molar-refractivity contribution in [3.63, 3.8) is 0 Å². The van der Waals surface area contributed by atoms with Gasteiger partial charge in [-0.25, -0.2) is 4.79 Å². The third kappa shape index (κ3) is 3.41. The monoisotopic (exact) mass is 402 g/mol. The molecule has 7 nitrogen and oxygen atoms in total. The summed E-state index contributed by atoms with van der Waals surface area (Å²) < 4.78 is 0. The molecule has 2 fully saturated rings. The molecule has 0 spiro atoms. The molecule has 1 saturated heterocycles. The van der Waals surface area contributed by atoms with E-state index < -0.39 is 17.5 Å². The van der Waals surface area contributed by atoms with Crippen LogP contribution in [0.1, 0.15) is 36.5 Å². The molecule has 1 aliphatic heterocycles. The highest BCUT2D eigenvalue weighted by atomic mass is 16.2. The maximum absolute atomic E-state index is 13.0. The Morgan fingerprint density at radius 3 is 2.37 bits per heavy atom. The summed E-state index contributed by atoms with van der Waals surface area (Å²) in [6, 6.07) is 17.9. The van der Waals surface area contributed by atoms with Gasteiger partial charge in [-0.05, 0) is 43.0 Å². The van der Waals surface area contributed by atoms with E-state index >= 15 is 0 Å². The van der Waals surface area contributed by atoms with E-state index in [0.29, 0.717) is 17.7 Å². The predicted octanol–water partition coefficient (Wildman–Crippen LogP) is 2.17. The van der Waals surface area contributed by atoms with Gasteiger partial charge in [0, 0.05) is 12.0 Å². The number of urea groups is 1. The lowest BCUT2D eigenvalue weighted by Gasteiger charge is -2.22. The number of hydrogen-bond donors (Lipinski definition) is 2. The van der Waals surface area contributed by atoms with Crippen LogP contribution in [-0.2, 0) is 20.5 Å². The molecule has 30 heavy (non-hydrogen) atoms. The first-order valence-electron chi connectivity index (χ1n) is 9.85. The molecule has 4 amide bonds. The summed E-state index contributed by atoms with van der Waals surface area (Å²) in [7, 11) is 0. The van der Waals surface area contributed by atoms with Crippen molar-refractivity contribution in [1.29, 1.82) is 5.26 Å². The lowest BCUT2D eigenvalue weighted by molar-refractivity contribution is -0.134. The number of benzene rings is 2. The van der Waals surface area contributed by atoms with Crippen molar-refractivity contribution in [3.05, 3.63) is 71.3 Å². The summed E-state index contributed by atoms with van der Waals surface area (Å²) in [4.78, 5) is 38.8. The normalized spacial score (nSPS) is 21.7. The number of hydrogen-bond acceptors (Lipinski definition) is 4. The lowest BCUT2D eigenvalue weighted by atomic mass is 9.91. The molecular weight excluding hydrogens is 380 g/mol. The summed E-state index contributed by atoms with van der Waals surface area (Å²) in [5.41, 5.74) is 0.887. The Balaban J connectivity index is 1.41. The van der Waals surface area contributed by atoms with E-state index in [-0.39, 0.29) is 17.9 Å². The first kappa shape index (κ1) is 19.6. The van der Waals surface area contributed by atoms with Crippen molar-refractivity contribution in [2.45, 2.75) is 30.7 Å². The first-order chi connectivity index (χ1) is 14.4. The van der Waals surface area contributed by atoms with E-state index in [0.717, 1.165) is 17.7 Å². The van der Waals surface area contributed by atoms with E-state index in [4.69, 9.17) is 5.26 Å². The van der Waals surface area contributed by atoms with E-state index in [1.807, 2.05) is 24.3 Å². The Morgan fingerprint density at radius 1 is 1.10 bits per heavy atom. The largest absolute Gasteiger partial charge is 0.354 e. The van der Waals surface area contributed by atoms with Gasteiger partial charge in [-0.3, -0.25) is 14.5 Å². The third-order valence-corrected chi connectivity index (χ3v) is 6.03. The molecule has 2 aliphatic rings. The van der Waals surface area contributed by atoms with Crippen molar-refractivity contribution in [2.24, 2.45) is 0 Å². The Morgan fingerprint density at radius 2 is 1.77 bits per heavy atom. The Bertz CT molecular complexity index is 1040. The van der Waals surface area contributed by atoms with Crippen molar-refractivity contribution < 1.29 is 14.4 Å². The third-order valence-electron chi connectivity index (χ3n) is 6.03. The van der Waals surface area contributed by atoms with Crippen molar-refractivity contribution in [2.75, 3.05) is 13.1 Å². The summed E-state index contributed by atoms with van der Waals surface area (Å²) in [5, 5.41) is 14.5. The highest BCUT2D eigenvalue weighted by Gasteiger charge is 2.50. The molecule has 1 saturated carbocycles. The maximum atomic E-state index is 13.0. The quantitative estimate of drug-likeness (QED) is 0.723. The Hall–Kier alpha value is -3.66. The minimum atomic E-state index is -1.27. The zero-order valence-electron chi connectivity index (χ0n) is 16.6. The SMILES string of the molecule is CC1(c2ccc(C#N)cc2)NC(=O)N(CC(=O)NCC2(c3ccccc3)CC2)C1=O. The summed E-state index contributed by atoms with van der Waals surface area (Å²) in [5.74, 6) is -0.860. The highest BCUT2D eigenvalue weighted by molar-refractivity contribution is 6.09. The number of nitriles is 1. The van der Waals surface area contributed by atoms with Crippen LogP contribution < -0.4 is 10.6 Å². The van der Waals surface area contributed by atoms with Crippen molar-refractivity contribution in [1.82, 2.24) is 15.5 Å². The van der Waals surface area contributed by atoms with Gasteiger partial charge in [-0.2, -0.15) is 5.26 Å². The fourth-order valence-electron chi connectivity index (χ4n) is 3.89. The molecule has 2 N–H and O–H groups in total. The average molecular weight is 402 g/mol. The first-order valence-corrected chi connectivity index (χ1v) is 9.85. The molecule has 1 heterocycles. The summed E-state index contributed by atoms with van der Waals surface area (Å²) >= 11 is 0. The number of carbonyl (C=O) groups is 3. The van der Waals surface area contributed by atoms with Crippen LogP contribution in [0.3, 0.4) is 0 Å². The van der Waals surface area contributed by atoms with Crippen LogP contribution in [0.5, 0.6) is 0 Å². The molecule has 1 unspecified atom stereocenters. The van der Waals surface area contributed by atoms with E-state index in [1.54, 1.807) is 31.2 Å². The Kier molecular flexibility index (Phi) is 4.78. The van der Waals surface area contributed by atoms with Crippen LogP contribution in [0.2, 0.25) is 0 Å². The fraction of sp³-hybridized carbons (Fsp3) is 0.304. The van der Waals surface area contributed by atoms with Gasteiger partial charge in [0.1, 0.15) is 12.1 Å². The standard InChI is InChI=1S/C23H22N4O3/c1-22(17-9-7-16(13-24)8-10-17)20(29)27(21(30)26-22)14-19(28)25-15-23(11-12-23)18-5-3-2-4-6-18/h2-10H,11-12,14-15H2,1H3,(H,25,28)(H,26,30). The number of amides is 4. The lowest BCUT2D eigenvalue weighted by Crippen LogP contribution is -2.44. The molecule has 152 valence electrons. The molecule has 0 radical (unpaired) electrons. The van der Waals surface area contributed by atoms with Gasteiger partial charge in [-0.15, -0.1) is 0 Å². The molecule has 2 aromatic carbocycles. The molecule has 2 aromatic rings. The number of imide groups is 1. The second kappa shape index (κ2) is 7.30. The number of carbonyl (C=O) groups excluding carboxylic acids is 3. The zero-order chi connectivity index (χ0) is 21.4. The van der Waals surface area contributed by atoms with Crippen LogP contribution in [-0.4, -0.2) is 35.8 Å². The molecular formula is C23H22N4O3. The van der Waals surface area contributed by atoms with Crippen LogP contribution in [0.4, 0.5) is 4.79 Å². The van der Waals surface area contributed by atoms with Crippen LogP contribution in [0.15, 0.2) is 54.6 Å². The smallest absolute Gasteiger partial charge is 0.325 e. The van der Waals surface area contributed by atoms with E-state index in [1.165, 1.54) is 5.56 Å². The Labute approximate surface area is 174 Å².